The van der Waals surface area contributed by atoms with Crippen molar-refractivity contribution >= 4 is 17.7 Å². The molecule has 0 saturated carbocycles. The first kappa shape index (κ1) is 14.2. The van der Waals surface area contributed by atoms with Gasteiger partial charge >= 0.3 is 7.60 Å². The lowest BCUT2D eigenvalue weighted by Crippen LogP contribution is -2.34. The molecule has 1 atom stereocenters. The lowest BCUT2D eigenvalue weighted by molar-refractivity contribution is 0.109. The maximum Gasteiger partial charge on any atom is 0.362 e. The lowest BCUT2D eigenvalue weighted by Gasteiger charge is -2.27. The fraction of sp³-hybridized carbons (Fsp3) is 0.286. The van der Waals surface area contributed by atoms with Gasteiger partial charge in [0.2, 0.25) is 5.34 Å². The first-order chi connectivity index (χ1) is 7.56. The van der Waals surface area contributed by atoms with Gasteiger partial charge in [0, 0.05) is 18.0 Å². The van der Waals surface area contributed by atoms with Crippen molar-refractivity contribution < 1.29 is 32.4 Å². The van der Waals surface area contributed by atoms with Gasteiger partial charge in [0.15, 0.2) is 0 Å². The van der Waals surface area contributed by atoms with Crippen molar-refractivity contribution in [2.75, 3.05) is 5.75 Å². The monoisotopic (exact) mass is 283 g/mol. The molecule has 0 aliphatic heterocycles. The quantitative estimate of drug-likeness (QED) is 0.419. The zero-order valence-corrected chi connectivity index (χ0v) is 10.0. The van der Waals surface area contributed by atoms with Crippen molar-refractivity contribution in [3.63, 3.8) is 0 Å². The van der Waals surface area contributed by atoms with E-state index in [1.165, 1.54) is 12.3 Å². The molecule has 1 heterocycles. The van der Waals surface area contributed by atoms with Crippen LogP contribution in [0.3, 0.4) is 0 Å². The van der Waals surface area contributed by atoms with Crippen molar-refractivity contribution in [3.8, 4) is 0 Å². The number of hydrogen-bond acceptors (Lipinski definition) is 5. The summed E-state index contributed by atoms with van der Waals surface area (Å²) in [5.74, 6) is -1.52. The summed E-state index contributed by atoms with van der Waals surface area (Å²) < 4.78 is 41.2. The van der Waals surface area contributed by atoms with Crippen molar-refractivity contribution in [1.29, 1.82) is 0 Å². The predicted molar refractivity (Wildman–Crippen MR) is 56.6 cm³/mol. The first-order valence-electron chi connectivity index (χ1n) is 4.20. The molecule has 0 aliphatic carbocycles. The van der Waals surface area contributed by atoms with Crippen molar-refractivity contribution in [1.82, 2.24) is 4.98 Å². The SMILES string of the molecule is O=P(O)(O)C(O)(CS(=O)(=O)O)c1cccnc1. The van der Waals surface area contributed by atoms with Gasteiger partial charge in [-0.1, -0.05) is 6.07 Å². The van der Waals surface area contributed by atoms with E-state index in [0.29, 0.717) is 0 Å². The fourth-order valence-corrected chi connectivity index (χ4v) is 3.50. The number of pyridine rings is 1. The van der Waals surface area contributed by atoms with E-state index in [1.54, 1.807) is 0 Å². The summed E-state index contributed by atoms with van der Waals surface area (Å²) in [5.41, 5.74) is -0.397. The minimum atomic E-state index is -5.23. The molecule has 4 N–H and O–H groups in total. The van der Waals surface area contributed by atoms with Gasteiger partial charge in [0.05, 0.1) is 0 Å². The van der Waals surface area contributed by atoms with Gasteiger partial charge in [-0.3, -0.25) is 14.1 Å². The average molecular weight is 283 g/mol. The van der Waals surface area contributed by atoms with Crippen LogP contribution in [0.1, 0.15) is 5.56 Å². The normalized spacial score (nSPS) is 16.5. The van der Waals surface area contributed by atoms with E-state index < -0.39 is 34.4 Å². The maximum atomic E-state index is 11.2. The molecule has 0 radical (unpaired) electrons. The highest BCUT2D eigenvalue weighted by atomic mass is 32.2. The molecule has 0 aromatic carbocycles. The predicted octanol–water partition coefficient (Wildman–Crippen LogP) is -0.708. The van der Waals surface area contributed by atoms with E-state index in [1.807, 2.05) is 0 Å². The van der Waals surface area contributed by atoms with Crippen molar-refractivity contribution in [2.24, 2.45) is 0 Å². The highest BCUT2D eigenvalue weighted by Crippen LogP contribution is 2.55. The van der Waals surface area contributed by atoms with Crippen LogP contribution in [-0.2, 0) is 20.0 Å². The Bertz CT molecular complexity index is 539. The lowest BCUT2D eigenvalue weighted by atomic mass is 10.2. The van der Waals surface area contributed by atoms with Gasteiger partial charge in [0.1, 0.15) is 5.75 Å². The molecule has 0 saturated heterocycles. The van der Waals surface area contributed by atoms with E-state index in [2.05, 4.69) is 4.98 Å². The Morgan fingerprint density at radius 2 is 2.00 bits per heavy atom. The van der Waals surface area contributed by atoms with Crippen LogP contribution in [0.25, 0.3) is 0 Å². The second-order valence-corrected chi connectivity index (χ2v) is 6.61. The van der Waals surface area contributed by atoms with E-state index in [0.717, 1.165) is 12.3 Å². The molecule has 0 fully saturated rings. The van der Waals surface area contributed by atoms with E-state index in [-0.39, 0.29) is 0 Å². The Balaban J connectivity index is 3.37. The third-order valence-electron chi connectivity index (χ3n) is 1.99. The van der Waals surface area contributed by atoms with Gasteiger partial charge in [-0.15, -0.1) is 0 Å². The number of rotatable bonds is 4. The van der Waals surface area contributed by atoms with Gasteiger partial charge in [-0.2, -0.15) is 8.42 Å². The van der Waals surface area contributed by atoms with Gasteiger partial charge in [0.25, 0.3) is 10.1 Å². The molecule has 0 spiro atoms. The van der Waals surface area contributed by atoms with Crippen LogP contribution in [0.5, 0.6) is 0 Å². The summed E-state index contributed by atoms with van der Waals surface area (Å²) in [6, 6.07) is 2.36. The fourth-order valence-electron chi connectivity index (χ4n) is 1.19. The van der Waals surface area contributed by atoms with Crippen molar-refractivity contribution in [2.45, 2.75) is 5.34 Å². The molecular formula is C7H10NO7PS. The largest absolute Gasteiger partial charge is 0.372 e. The molecule has 1 rings (SSSR count). The number of nitrogens with zero attached hydrogens (tertiary/aromatic N) is 1. The zero-order chi connectivity index (χ0) is 13.3. The minimum Gasteiger partial charge on any atom is -0.372 e. The first-order valence-corrected chi connectivity index (χ1v) is 7.42. The topological polar surface area (TPSA) is 145 Å². The molecule has 0 aliphatic rings. The second-order valence-electron chi connectivity index (χ2n) is 3.33. The summed E-state index contributed by atoms with van der Waals surface area (Å²) in [4.78, 5) is 21.5. The van der Waals surface area contributed by atoms with Gasteiger partial charge in [-0.05, 0) is 6.07 Å². The molecule has 8 nitrogen and oxygen atoms in total. The molecule has 17 heavy (non-hydrogen) atoms. The highest BCUT2D eigenvalue weighted by Gasteiger charge is 2.50. The van der Waals surface area contributed by atoms with Crippen LogP contribution in [0, 0.1) is 0 Å². The van der Waals surface area contributed by atoms with Gasteiger partial charge in [-0.25, -0.2) is 0 Å². The molecule has 0 amide bonds. The Morgan fingerprint density at radius 1 is 1.41 bits per heavy atom. The Hall–Kier alpha value is -0.830. The second kappa shape index (κ2) is 4.45. The summed E-state index contributed by atoms with van der Waals surface area (Å²) in [6.45, 7) is 0. The minimum absolute atomic E-state index is 0.397. The molecule has 0 bridgehead atoms. The standard InChI is InChI=1S/C7H10NO7PS/c9-7(16(10,11)12,5-17(13,14)15)6-2-1-3-8-4-6/h1-4,9H,5H2,(H2,10,11,12)(H,13,14,15). The summed E-state index contributed by atoms with van der Waals surface area (Å²) in [5, 5.41) is 6.79. The van der Waals surface area contributed by atoms with Crippen LogP contribution in [0.15, 0.2) is 24.5 Å². The van der Waals surface area contributed by atoms with Crippen LogP contribution in [0.2, 0.25) is 0 Å². The smallest absolute Gasteiger partial charge is 0.362 e. The van der Waals surface area contributed by atoms with Crippen molar-refractivity contribution in [3.05, 3.63) is 30.1 Å². The summed E-state index contributed by atoms with van der Waals surface area (Å²) in [6.07, 6.45) is 2.18. The van der Waals surface area contributed by atoms with Gasteiger partial charge < -0.3 is 14.9 Å². The average Bonchev–Trinajstić information content (AvgIpc) is 2.14. The van der Waals surface area contributed by atoms with E-state index >= 15 is 0 Å². The number of hydrogen-bond donors (Lipinski definition) is 4. The van der Waals surface area contributed by atoms with Crippen LogP contribution >= 0.6 is 7.60 Å². The van der Waals surface area contributed by atoms with Crippen LogP contribution in [-0.4, -0.2) is 38.6 Å². The molecule has 96 valence electrons. The van der Waals surface area contributed by atoms with Crippen LogP contribution in [0.4, 0.5) is 0 Å². The third kappa shape index (κ3) is 3.32. The number of aromatic nitrogens is 1. The highest BCUT2D eigenvalue weighted by molar-refractivity contribution is 7.86. The maximum absolute atomic E-state index is 11.2. The molecule has 1 aromatic rings. The third-order valence-corrected chi connectivity index (χ3v) is 4.37. The molecule has 10 heteroatoms. The van der Waals surface area contributed by atoms with E-state index in [4.69, 9.17) is 14.3 Å². The molecule has 1 aromatic heterocycles. The van der Waals surface area contributed by atoms with Crippen LogP contribution < -0.4 is 0 Å². The van der Waals surface area contributed by atoms with E-state index in [9.17, 15) is 18.1 Å². The molecule has 1 unspecified atom stereocenters. The Labute approximate surface area is 96.9 Å². The Kier molecular flexibility index (Phi) is 3.72. The Morgan fingerprint density at radius 3 is 2.35 bits per heavy atom. The summed E-state index contributed by atoms with van der Waals surface area (Å²) in [7, 11) is -10.0. The molecular weight excluding hydrogens is 273 g/mol. The number of aliphatic hydroxyl groups is 1. The zero-order valence-electron chi connectivity index (χ0n) is 8.33. The summed E-state index contributed by atoms with van der Waals surface area (Å²) >= 11 is 0.